The van der Waals surface area contributed by atoms with Crippen LogP contribution in [0.5, 0.6) is 0 Å². The zero-order valence-corrected chi connectivity index (χ0v) is 14.3. The van der Waals surface area contributed by atoms with Crippen molar-refractivity contribution in [2.24, 2.45) is 0 Å². The number of amidine groups is 1. The van der Waals surface area contributed by atoms with Crippen molar-refractivity contribution in [3.05, 3.63) is 53.0 Å². The van der Waals surface area contributed by atoms with Gasteiger partial charge in [0.25, 0.3) is 0 Å². The molecule has 6 heteroatoms. The molecular weight excluding hydrogens is 336 g/mol. The number of anilines is 1. The molecule has 0 spiro atoms. The first-order chi connectivity index (χ1) is 12.5. The highest BCUT2D eigenvalue weighted by Gasteiger charge is 2.31. The molecule has 2 heterocycles. The van der Waals surface area contributed by atoms with Crippen molar-refractivity contribution < 1.29 is 13.6 Å². The van der Waals surface area contributed by atoms with Crippen molar-refractivity contribution in [2.75, 3.05) is 4.90 Å². The van der Waals surface area contributed by atoms with Crippen LogP contribution in [0, 0.1) is 17.0 Å². The third kappa shape index (κ3) is 2.63. The number of hydrogen-bond donors (Lipinski definition) is 1. The second-order valence-electron chi connectivity index (χ2n) is 6.79. The molecular formula is C20H17F2N3O. The molecule has 1 saturated carbocycles. The molecule has 0 unspecified atom stereocenters. The van der Waals surface area contributed by atoms with Gasteiger partial charge in [0.2, 0.25) is 0 Å². The third-order valence-corrected chi connectivity index (χ3v) is 4.99. The van der Waals surface area contributed by atoms with Gasteiger partial charge in [-0.25, -0.2) is 13.6 Å². The molecule has 4 rings (SSSR count). The maximum absolute atomic E-state index is 15.0. The molecule has 1 N–H and O–H groups in total. The maximum Gasteiger partial charge on any atom is 0.148 e. The third-order valence-electron chi connectivity index (χ3n) is 4.99. The second kappa shape index (κ2) is 6.15. The Kier molecular flexibility index (Phi) is 3.93. The number of pyridine rings is 1. The Morgan fingerprint density at radius 3 is 2.69 bits per heavy atom. The predicted octanol–water partition coefficient (Wildman–Crippen LogP) is 4.37. The van der Waals surface area contributed by atoms with Crippen molar-refractivity contribution in [1.82, 2.24) is 4.98 Å². The Morgan fingerprint density at radius 2 is 2.00 bits per heavy atom. The molecule has 1 fully saturated rings. The van der Waals surface area contributed by atoms with Crippen LogP contribution in [0.4, 0.5) is 14.5 Å². The lowest BCUT2D eigenvalue weighted by Crippen LogP contribution is -2.34. The minimum absolute atomic E-state index is 0.147. The Labute approximate surface area is 149 Å². The summed E-state index contributed by atoms with van der Waals surface area (Å²) < 4.78 is 29.3. The maximum atomic E-state index is 15.0. The molecule has 1 aliphatic carbocycles. The summed E-state index contributed by atoms with van der Waals surface area (Å²) in [6, 6.07) is 3.16. The van der Waals surface area contributed by atoms with Crippen molar-refractivity contribution in [2.45, 2.75) is 38.5 Å². The summed E-state index contributed by atoms with van der Waals surface area (Å²) >= 11 is 0. The van der Waals surface area contributed by atoms with Gasteiger partial charge >= 0.3 is 0 Å². The van der Waals surface area contributed by atoms with E-state index in [9.17, 15) is 13.6 Å². The van der Waals surface area contributed by atoms with Gasteiger partial charge in [-0.15, -0.1) is 0 Å². The monoisotopic (exact) mass is 353 g/mol. The summed E-state index contributed by atoms with van der Waals surface area (Å²) in [4.78, 5) is 16.3. The average molecular weight is 353 g/mol. The van der Waals surface area contributed by atoms with Gasteiger partial charge in [-0.3, -0.25) is 15.3 Å². The Balaban J connectivity index is 1.88. The van der Waals surface area contributed by atoms with Crippen molar-refractivity contribution >= 4 is 17.5 Å². The topological polar surface area (TPSA) is 57.1 Å². The number of nitrogens with zero attached hydrogens (tertiary/aromatic N) is 2. The van der Waals surface area contributed by atoms with Crippen LogP contribution in [-0.2, 0) is 11.2 Å². The van der Waals surface area contributed by atoms with E-state index in [1.165, 1.54) is 24.1 Å². The number of carbonyl (C=O) groups excluding carboxylic acids is 1. The average Bonchev–Trinajstić information content (AvgIpc) is 3.46. The highest BCUT2D eigenvalue weighted by atomic mass is 19.1. The first-order valence-corrected chi connectivity index (χ1v) is 8.56. The number of nitrogens with one attached hydrogen (secondary N) is 1. The summed E-state index contributed by atoms with van der Waals surface area (Å²) in [5.41, 5.74) is 2.84. The number of benzene rings is 1. The summed E-state index contributed by atoms with van der Waals surface area (Å²) in [5, 5.41) is 8.05. The van der Waals surface area contributed by atoms with Gasteiger partial charge in [0.15, 0.2) is 0 Å². The van der Waals surface area contributed by atoms with Gasteiger partial charge in [0, 0.05) is 23.7 Å². The minimum Gasteiger partial charge on any atom is -0.290 e. The summed E-state index contributed by atoms with van der Waals surface area (Å²) in [7, 11) is 0. The van der Waals surface area contributed by atoms with Crippen LogP contribution >= 0.6 is 0 Å². The number of aromatic nitrogens is 1. The number of aryl methyl sites for hydroxylation is 1. The first kappa shape index (κ1) is 16.6. The van der Waals surface area contributed by atoms with Crippen LogP contribution in [-0.4, -0.2) is 16.8 Å². The quantitative estimate of drug-likeness (QED) is 0.834. The summed E-state index contributed by atoms with van der Waals surface area (Å²) in [6.45, 7) is 1.51. The predicted molar refractivity (Wildman–Crippen MR) is 95.0 cm³/mol. The summed E-state index contributed by atoms with van der Waals surface area (Å²) in [6.07, 6.45) is 5.52. The standard InChI is InChI=1S/C20H17F2N3O/c1-11(10-26)25-18(23)5-4-13-6-14(7-16(21)20(13)25)15-8-24-9-17(22)19(15)12-2-3-12/h6-9,12,23H,2-5H2,1H3. The number of hydrogen-bond acceptors (Lipinski definition) is 3. The molecule has 0 radical (unpaired) electrons. The molecule has 132 valence electrons. The van der Waals surface area contributed by atoms with Crippen molar-refractivity contribution in [1.29, 1.82) is 5.41 Å². The first-order valence-electron chi connectivity index (χ1n) is 8.56. The van der Waals surface area contributed by atoms with E-state index < -0.39 is 5.82 Å². The lowest BCUT2D eigenvalue weighted by atomic mass is 9.92. The van der Waals surface area contributed by atoms with E-state index in [0.29, 0.717) is 35.1 Å². The minimum atomic E-state index is -0.539. The fourth-order valence-electron chi connectivity index (χ4n) is 3.63. The van der Waals surface area contributed by atoms with Crippen molar-refractivity contribution in [3.63, 3.8) is 0 Å². The van der Waals surface area contributed by atoms with E-state index in [1.807, 2.05) is 6.07 Å². The molecule has 0 saturated heterocycles. The zero-order chi connectivity index (χ0) is 18.4. The highest BCUT2D eigenvalue weighted by Crippen LogP contribution is 2.46. The van der Waals surface area contributed by atoms with Crippen LogP contribution in [0.25, 0.3) is 11.1 Å². The van der Waals surface area contributed by atoms with E-state index >= 15 is 0 Å². The van der Waals surface area contributed by atoms with Gasteiger partial charge in [-0.05, 0) is 55.4 Å². The molecule has 1 aliphatic heterocycles. The fourth-order valence-corrected chi connectivity index (χ4v) is 3.63. The largest absolute Gasteiger partial charge is 0.290 e. The molecule has 4 nitrogen and oxygen atoms in total. The van der Waals surface area contributed by atoms with E-state index in [0.717, 1.165) is 12.8 Å². The molecule has 0 amide bonds. The second-order valence-corrected chi connectivity index (χ2v) is 6.79. The van der Waals surface area contributed by atoms with Crippen LogP contribution < -0.4 is 4.90 Å². The van der Waals surface area contributed by atoms with Gasteiger partial charge in [-0.2, -0.15) is 0 Å². The van der Waals surface area contributed by atoms with Crippen LogP contribution in [0.15, 0.2) is 30.2 Å². The Bertz CT molecular complexity index is 975. The molecule has 1 aromatic carbocycles. The Morgan fingerprint density at radius 1 is 1.23 bits per heavy atom. The van der Waals surface area contributed by atoms with Gasteiger partial charge in [0.1, 0.15) is 29.1 Å². The smallest absolute Gasteiger partial charge is 0.148 e. The number of halogens is 2. The van der Waals surface area contributed by atoms with E-state index in [-0.39, 0.29) is 29.0 Å². The van der Waals surface area contributed by atoms with Gasteiger partial charge < -0.3 is 0 Å². The molecule has 2 aliphatic rings. The molecule has 26 heavy (non-hydrogen) atoms. The lowest BCUT2D eigenvalue weighted by molar-refractivity contribution is 0.566. The number of rotatable bonds is 3. The normalized spacial score (nSPS) is 16.3. The highest BCUT2D eigenvalue weighted by molar-refractivity contribution is 6.03. The van der Waals surface area contributed by atoms with E-state index in [2.05, 4.69) is 4.98 Å². The van der Waals surface area contributed by atoms with Crippen molar-refractivity contribution in [3.8, 4) is 11.1 Å². The molecule has 0 atom stereocenters. The van der Waals surface area contributed by atoms with Gasteiger partial charge in [-0.1, -0.05) is 0 Å². The lowest BCUT2D eigenvalue weighted by Gasteiger charge is -2.31. The number of allylic oxidation sites excluding steroid dienone is 1. The SMILES string of the molecule is CC(=C=O)N1C(=N)CCc2cc(-c3cncc(F)c3C3CC3)cc(F)c21. The zero-order valence-electron chi connectivity index (χ0n) is 14.3. The fraction of sp³-hybridized carbons (Fsp3) is 0.300. The number of fused-ring (bicyclic) bond motifs is 1. The molecule has 1 aromatic heterocycles. The molecule has 0 bridgehead atoms. The van der Waals surface area contributed by atoms with Crippen LogP contribution in [0.2, 0.25) is 0 Å². The van der Waals surface area contributed by atoms with E-state index in [4.69, 9.17) is 5.41 Å². The van der Waals surface area contributed by atoms with E-state index in [1.54, 1.807) is 12.1 Å². The van der Waals surface area contributed by atoms with Crippen LogP contribution in [0.3, 0.4) is 0 Å². The Hall–Kier alpha value is -2.85. The summed E-state index contributed by atoms with van der Waals surface area (Å²) in [5.74, 6) is 1.18. The van der Waals surface area contributed by atoms with Gasteiger partial charge in [0.05, 0.1) is 11.9 Å². The van der Waals surface area contributed by atoms with Crippen LogP contribution in [0.1, 0.15) is 43.2 Å². The molecule has 2 aromatic rings.